The number of alkyl carbamates (subject to hydrolysis) is 1. The monoisotopic (exact) mass is 618 g/mol. The minimum absolute atomic E-state index is 0.0172. The number of rotatable bonds is 10. The average molecular weight is 619 g/mol. The zero-order valence-electron chi connectivity index (χ0n) is 23.2. The van der Waals surface area contributed by atoms with Gasteiger partial charge in [-0.25, -0.2) is 14.4 Å². The smallest absolute Gasteiger partial charge is 0.408 e. The van der Waals surface area contributed by atoms with Crippen LogP contribution in [-0.2, 0) is 23.9 Å². The van der Waals surface area contributed by atoms with Crippen LogP contribution in [0.25, 0.3) is 0 Å². The van der Waals surface area contributed by atoms with E-state index in [-0.39, 0.29) is 34.5 Å². The van der Waals surface area contributed by atoms with E-state index in [1.807, 2.05) is 0 Å². The van der Waals surface area contributed by atoms with Gasteiger partial charge in [0.15, 0.2) is 5.03 Å². The molecule has 4 rings (SSSR count). The van der Waals surface area contributed by atoms with Gasteiger partial charge >= 0.3 is 18.0 Å². The fraction of sp³-hybridized carbons (Fsp3) is 0.423. The van der Waals surface area contributed by atoms with Gasteiger partial charge in [-0.3, -0.25) is 14.5 Å². The third kappa shape index (κ3) is 6.87. The topological polar surface area (TPSA) is 193 Å². The molecule has 42 heavy (non-hydrogen) atoms. The third-order valence-electron chi connectivity index (χ3n) is 5.97. The molecular formula is C26H30N6O8S2. The molecule has 1 unspecified atom stereocenters. The standard InChI is InChI=1S/C26H30N6O8S2/c1-5-39-24(37)16-20(30-31-29-16)41-11-14-12-42-22-17(21(34)32(22)18(14)23(35)36)27-19(33)15(13-9-7-6-8-10-13)28-25(38)40-26(2,3)4/h6-10,15,17,22H,5,11-12H2,1-4H3,(H,27,33)(H,28,38)(H,35,36)(H,29,30,31)/t15-,17?,22-/m1/s1. The number of fused-ring (bicyclic) bond motifs is 1. The Labute approximate surface area is 249 Å². The van der Waals surface area contributed by atoms with Crippen LogP contribution < -0.4 is 10.6 Å². The maximum atomic E-state index is 13.4. The Bertz CT molecular complexity index is 1410. The molecule has 1 aromatic carbocycles. The summed E-state index contributed by atoms with van der Waals surface area (Å²) in [6.45, 7) is 6.88. The number of aromatic amines is 1. The first-order chi connectivity index (χ1) is 19.9. The number of nitrogens with one attached hydrogen (secondary N) is 3. The number of amides is 3. The number of nitrogens with zero attached hydrogens (tertiary/aromatic N) is 3. The number of hydrogen-bond acceptors (Lipinski definition) is 11. The van der Waals surface area contributed by atoms with Gasteiger partial charge < -0.3 is 25.2 Å². The second-order valence-electron chi connectivity index (χ2n) is 10.1. The summed E-state index contributed by atoms with van der Waals surface area (Å²) in [5.41, 5.74) is -0.0836. The number of carbonyl (C=O) groups is 5. The van der Waals surface area contributed by atoms with E-state index in [0.717, 1.165) is 16.7 Å². The van der Waals surface area contributed by atoms with E-state index in [1.165, 1.54) is 11.8 Å². The molecule has 1 saturated heterocycles. The van der Waals surface area contributed by atoms with Gasteiger partial charge in [-0.15, -0.1) is 22.0 Å². The van der Waals surface area contributed by atoms with Crippen molar-refractivity contribution in [3.8, 4) is 0 Å². The minimum Gasteiger partial charge on any atom is -0.477 e. The molecule has 2 aliphatic rings. The van der Waals surface area contributed by atoms with Crippen molar-refractivity contribution in [3.05, 3.63) is 52.9 Å². The van der Waals surface area contributed by atoms with Crippen molar-refractivity contribution in [2.75, 3.05) is 18.1 Å². The lowest BCUT2D eigenvalue weighted by Gasteiger charge is -2.49. The Balaban J connectivity index is 1.48. The van der Waals surface area contributed by atoms with Crippen LogP contribution in [0.15, 0.2) is 46.6 Å². The van der Waals surface area contributed by atoms with Crippen LogP contribution in [0.2, 0.25) is 0 Å². The Morgan fingerprint density at radius 1 is 1.21 bits per heavy atom. The average Bonchev–Trinajstić information content (AvgIpc) is 3.41. The highest BCUT2D eigenvalue weighted by atomic mass is 32.2. The summed E-state index contributed by atoms with van der Waals surface area (Å²) < 4.78 is 10.3. The van der Waals surface area contributed by atoms with Gasteiger partial charge in [-0.05, 0) is 38.8 Å². The lowest BCUT2D eigenvalue weighted by molar-refractivity contribution is -0.151. The van der Waals surface area contributed by atoms with Gasteiger partial charge in [0.05, 0.1) is 6.61 Å². The number of β-lactam (4-membered cyclic amide) rings is 1. The number of carboxylic acid groups (broad SMARTS) is 1. The van der Waals surface area contributed by atoms with Crippen molar-refractivity contribution in [1.82, 2.24) is 30.9 Å². The summed E-state index contributed by atoms with van der Waals surface area (Å²) in [7, 11) is 0. The number of benzene rings is 1. The zero-order valence-corrected chi connectivity index (χ0v) is 24.8. The van der Waals surface area contributed by atoms with E-state index in [1.54, 1.807) is 58.0 Å². The summed E-state index contributed by atoms with van der Waals surface area (Å²) in [4.78, 5) is 64.6. The number of aliphatic carboxylic acids is 1. The number of carbonyl (C=O) groups excluding carboxylic acids is 4. The number of hydrogen-bond donors (Lipinski definition) is 4. The molecule has 3 amide bonds. The van der Waals surface area contributed by atoms with Crippen LogP contribution in [0.4, 0.5) is 4.79 Å². The first-order valence-electron chi connectivity index (χ1n) is 12.9. The molecule has 4 N–H and O–H groups in total. The Morgan fingerprint density at radius 3 is 2.57 bits per heavy atom. The third-order valence-corrected chi connectivity index (χ3v) is 8.36. The molecule has 0 radical (unpaired) electrons. The summed E-state index contributed by atoms with van der Waals surface area (Å²) in [6, 6.07) is 6.31. The van der Waals surface area contributed by atoms with Crippen LogP contribution in [0.1, 0.15) is 49.8 Å². The fourth-order valence-corrected chi connectivity index (χ4v) is 6.61. The van der Waals surface area contributed by atoms with E-state index in [4.69, 9.17) is 9.47 Å². The molecule has 0 aliphatic carbocycles. The Hall–Kier alpha value is -4.05. The molecule has 3 atom stereocenters. The van der Waals surface area contributed by atoms with E-state index < -0.39 is 52.9 Å². The normalized spacial score (nSPS) is 18.9. The van der Waals surface area contributed by atoms with Gasteiger partial charge in [-0.1, -0.05) is 42.1 Å². The summed E-state index contributed by atoms with van der Waals surface area (Å²) in [5.74, 6) is -2.83. The van der Waals surface area contributed by atoms with Crippen LogP contribution in [0, 0.1) is 0 Å². The molecular weight excluding hydrogens is 588 g/mol. The van der Waals surface area contributed by atoms with Crippen molar-refractivity contribution in [1.29, 1.82) is 0 Å². The maximum Gasteiger partial charge on any atom is 0.408 e. The van der Waals surface area contributed by atoms with Gasteiger partial charge in [0, 0.05) is 11.5 Å². The number of H-pyrrole nitrogens is 1. The van der Waals surface area contributed by atoms with Crippen LogP contribution in [0.3, 0.4) is 0 Å². The van der Waals surface area contributed by atoms with Crippen molar-refractivity contribution in [2.24, 2.45) is 0 Å². The quantitative estimate of drug-likeness (QED) is 0.172. The van der Waals surface area contributed by atoms with Crippen LogP contribution >= 0.6 is 23.5 Å². The number of ether oxygens (including phenoxy) is 2. The molecule has 0 saturated carbocycles. The molecule has 2 aromatic rings. The van der Waals surface area contributed by atoms with Gasteiger partial charge in [0.25, 0.3) is 5.91 Å². The molecule has 2 aliphatic heterocycles. The summed E-state index contributed by atoms with van der Waals surface area (Å²) in [6.07, 6.45) is -0.809. The number of carboxylic acids is 1. The SMILES string of the molecule is CCOC(=O)c1n[nH]nc1SCC1=C(C(=O)O)N2C(=O)C(NC(=O)[C@H](NC(=O)OC(C)(C)C)c3ccccc3)[C@H]2SC1. The van der Waals surface area contributed by atoms with E-state index in [0.29, 0.717) is 11.1 Å². The number of esters is 1. The summed E-state index contributed by atoms with van der Waals surface area (Å²) >= 11 is 2.38. The van der Waals surface area contributed by atoms with Crippen molar-refractivity contribution in [3.63, 3.8) is 0 Å². The van der Waals surface area contributed by atoms with Crippen molar-refractivity contribution >= 4 is 53.4 Å². The number of aromatic nitrogens is 3. The first kappa shape index (κ1) is 30.9. The van der Waals surface area contributed by atoms with Crippen LogP contribution in [0.5, 0.6) is 0 Å². The molecule has 1 fully saturated rings. The van der Waals surface area contributed by atoms with Gasteiger partial charge in [-0.2, -0.15) is 5.21 Å². The molecule has 0 spiro atoms. The fourth-order valence-electron chi connectivity index (χ4n) is 4.21. The highest BCUT2D eigenvalue weighted by molar-refractivity contribution is 8.01. The molecule has 224 valence electrons. The summed E-state index contributed by atoms with van der Waals surface area (Å²) in [5, 5.41) is 24.9. The van der Waals surface area contributed by atoms with Crippen molar-refractivity contribution < 1.29 is 38.6 Å². The second-order valence-corrected chi connectivity index (χ2v) is 12.2. The van der Waals surface area contributed by atoms with Crippen molar-refractivity contribution in [2.45, 2.75) is 55.8 Å². The zero-order chi connectivity index (χ0) is 30.6. The first-order valence-corrected chi connectivity index (χ1v) is 14.9. The predicted molar refractivity (Wildman–Crippen MR) is 151 cm³/mol. The predicted octanol–water partition coefficient (Wildman–Crippen LogP) is 2.08. The lowest BCUT2D eigenvalue weighted by Crippen LogP contribution is -2.71. The largest absolute Gasteiger partial charge is 0.477 e. The Kier molecular flexibility index (Phi) is 9.46. The van der Waals surface area contributed by atoms with E-state index in [2.05, 4.69) is 26.0 Å². The molecule has 14 nitrogen and oxygen atoms in total. The maximum absolute atomic E-state index is 13.4. The number of thioether (sulfide) groups is 2. The Morgan fingerprint density at radius 2 is 1.93 bits per heavy atom. The molecule has 0 bridgehead atoms. The highest BCUT2D eigenvalue weighted by Crippen LogP contribution is 2.41. The second kappa shape index (κ2) is 12.9. The van der Waals surface area contributed by atoms with Gasteiger partial charge in [0.2, 0.25) is 11.6 Å². The molecule has 16 heteroatoms. The molecule has 3 heterocycles. The van der Waals surface area contributed by atoms with E-state index in [9.17, 15) is 29.1 Å². The minimum atomic E-state index is -1.30. The lowest BCUT2D eigenvalue weighted by atomic mass is 10.0. The van der Waals surface area contributed by atoms with Gasteiger partial charge in [0.1, 0.15) is 28.8 Å². The van der Waals surface area contributed by atoms with Crippen LogP contribution in [-0.4, -0.2) is 90.4 Å². The highest BCUT2D eigenvalue weighted by Gasteiger charge is 2.54. The van der Waals surface area contributed by atoms with E-state index >= 15 is 0 Å². The molecule has 1 aromatic heterocycles.